The fraction of sp³-hybridized carbons (Fsp3) is 0.0667. The van der Waals surface area contributed by atoms with Gasteiger partial charge in [0.1, 0.15) is 22.6 Å². The number of ether oxygens (including phenoxy) is 4. The third-order valence-corrected chi connectivity index (χ3v) is 7.66. The summed E-state index contributed by atoms with van der Waals surface area (Å²) in [7, 11) is 0. The van der Waals surface area contributed by atoms with E-state index < -0.39 is 49.0 Å². The Morgan fingerprint density at radius 2 is 1.02 bits per heavy atom. The topological polar surface area (TPSA) is 164 Å². The molecule has 0 unspecified atom stereocenters. The predicted octanol–water partition coefficient (Wildman–Crippen LogP) is 4.46. The quantitative estimate of drug-likeness (QED) is 0.207. The van der Waals surface area contributed by atoms with Crippen LogP contribution in [0.1, 0.15) is 41.4 Å². The van der Waals surface area contributed by atoms with Crippen molar-refractivity contribution in [2.75, 3.05) is 13.6 Å². The molecular formula is C30H22CuO12Pb. The van der Waals surface area contributed by atoms with Gasteiger partial charge in [-0.15, -0.1) is 0 Å². The van der Waals surface area contributed by atoms with Crippen LogP contribution in [0.5, 0.6) is 23.0 Å². The van der Waals surface area contributed by atoms with Crippen molar-refractivity contribution in [3.63, 3.8) is 0 Å². The molecule has 1 heterocycles. The van der Waals surface area contributed by atoms with Crippen molar-refractivity contribution >= 4 is 49.0 Å². The number of hydrogen-bond donors (Lipinski definition) is 2. The Morgan fingerprint density at radius 3 is 1.45 bits per heavy atom. The maximum atomic E-state index is 12.0. The van der Waals surface area contributed by atoms with E-state index in [0.717, 1.165) is 0 Å². The van der Waals surface area contributed by atoms with Crippen molar-refractivity contribution in [3.05, 3.63) is 119 Å². The first kappa shape index (κ1) is 33.9. The third kappa shape index (κ3) is 9.20. The number of carboxylic acids is 2. The summed E-state index contributed by atoms with van der Waals surface area (Å²) in [5.41, 5.74) is 0.576. The van der Waals surface area contributed by atoms with Gasteiger partial charge in [0, 0.05) is 17.1 Å². The Morgan fingerprint density at radius 1 is 0.636 bits per heavy atom. The SMILES string of the molecule is O=C(O)c1ccccc1OCOc1ccccc1C(=O)O.O=C1[O][Pb][O]C(=O)c2ccccc2OCOc2ccccc21.[Cu]. The van der Waals surface area contributed by atoms with Gasteiger partial charge in [-0.2, -0.15) is 0 Å². The van der Waals surface area contributed by atoms with Crippen LogP contribution in [0.25, 0.3) is 0 Å². The van der Waals surface area contributed by atoms with Gasteiger partial charge in [-0.1, -0.05) is 24.3 Å². The summed E-state index contributed by atoms with van der Waals surface area (Å²) >= 11 is -2.32. The van der Waals surface area contributed by atoms with Gasteiger partial charge in [-0.25, -0.2) is 9.59 Å². The second-order valence-electron chi connectivity index (χ2n) is 8.27. The summed E-state index contributed by atoms with van der Waals surface area (Å²) in [6, 6.07) is 25.6. The van der Waals surface area contributed by atoms with Crippen molar-refractivity contribution in [2.45, 2.75) is 0 Å². The first-order chi connectivity index (χ1) is 20.8. The molecule has 4 aromatic rings. The number of hydrogen-bond acceptors (Lipinski definition) is 10. The molecule has 229 valence electrons. The summed E-state index contributed by atoms with van der Waals surface area (Å²) in [5, 5.41) is 18.0. The summed E-state index contributed by atoms with van der Waals surface area (Å²) in [6.45, 7) is -0.439. The third-order valence-electron chi connectivity index (χ3n) is 5.58. The van der Waals surface area contributed by atoms with Crippen LogP contribution in [0.15, 0.2) is 97.1 Å². The van der Waals surface area contributed by atoms with Crippen LogP contribution < -0.4 is 18.9 Å². The number of carbonyl (C=O) groups is 4. The standard InChI is InChI=1S/2C15H12O6.Cu.Pb/c2*16-14(17)10-5-1-3-7-12(10)20-9-21-13-8-4-2-6-11(13)15(18)19;;/h2*1-8H,9H2,(H,16,17)(H,18,19);;/q;;;+2/p-2. The van der Waals surface area contributed by atoms with Gasteiger partial charge >= 0.3 is 151 Å². The molecule has 0 bridgehead atoms. The van der Waals surface area contributed by atoms with Crippen LogP contribution in [-0.4, -0.2) is 72.8 Å². The van der Waals surface area contributed by atoms with Crippen LogP contribution in [0, 0.1) is 0 Å². The minimum Gasteiger partial charge on any atom is 0 e. The molecule has 4 aromatic carbocycles. The number of fused-ring (bicyclic) bond motifs is 2. The molecule has 0 saturated heterocycles. The Balaban J connectivity index is 0.000000235. The first-order valence-electron chi connectivity index (χ1n) is 12.4. The van der Waals surface area contributed by atoms with E-state index in [1.54, 1.807) is 72.8 Å². The van der Waals surface area contributed by atoms with E-state index in [2.05, 4.69) is 0 Å². The van der Waals surface area contributed by atoms with Gasteiger partial charge in [-0.05, 0) is 24.3 Å². The molecule has 1 aliphatic heterocycles. The zero-order valence-corrected chi connectivity index (χ0v) is 27.3. The normalized spacial score (nSPS) is 12.1. The van der Waals surface area contributed by atoms with Crippen molar-refractivity contribution < 1.29 is 70.8 Å². The predicted molar refractivity (Wildman–Crippen MR) is 149 cm³/mol. The first-order valence-corrected chi connectivity index (χ1v) is 15.5. The fourth-order valence-electron chi connectivity index (χ4n) is 3.58. The largest absolute Gasteiger partial charge is 0 e. The maximum absolute atomic E-state index is 12.0. The van der Waals surface area contributed by atoms with Crippen molar-refractivity contribution in [2.24, 2.45) is 0 Å². The Kier molecular flexibility index (Phi) is 13.0. The van der Waals surface area contributed by atoms with Crippen molar-refractivity contribution in [3.8, 4) is 23.0 Å². The minimum absolute atomic E-state index is 0. The van der Waals surface area contributed by atoms with E-state index in [9.17, 15) is 19.2 Å². The average molecular weight is 845 g/mol. The van der Waals surface area contributed by atoms with Crippen molar-refractivity contribution in [1.82, 2.24) is 0 Å². The number of aromatic carboxylic acids is 2. The Bertz CT molecular complexity index is 1510. The molecule has 0 aliphatic carbocycles. The summed E-state index contributed by atoms with van der Waals surface area (Å²) in [5.74, 6) is -2.31. The van der Waals surface area contributed by atoms with Crippen LogP contribution in [0.3, 0.4) is 0 Å². The van der Waals surface area contributed by atoms with Crippen LogP contribution in [0.2, 0.25) is 0 Å². The van der Waals surface area contributed by atoms with Crippen molar-refractivity contribution in [1.29, 1.82) is 0 Å². The smallest absolute Gasteiger partial charge is 0 e. The van der Waals surface area contributed by atoms with E-state index in [1.807, 2.05) is 0 Å². The molecule has 14 heteroatoms. The molecule has 12 nitrogen and oxygen atoms in total. The van der Waals surface area contributed by atoms with E-state index >= 15 is 0 Å². The van der Waals surface area contributed by atoms with Gasteiger partial charge < -0.3 is 19.7 Å². The monoisotopic (exact) mass is 845 g/mol. The average Bonchev–Trinajstić information content (AvgIpc) is 3.01. The van der Waals surface area contributed by atoms with E-state index in [4.69, 9.17) is 34.5 Å². The van der Waals surface area contributed by atoms with Crippen LogP contribution in [-0.2, 0) is 22.4 Å². The molecule has 0 aromatic heterocycles. The van der Waals surface area contributed by atoms with Gasteiger partial charge in [-0.3, -0.25) is 0 Å². The van der Waals surface area contributed by atoms with Crippen LogP contribution in [0.4, 0.5) is 0 Å². The van der Waals surface area contributed by atoms with E-state index in [1.165, 1.54) is 24.3 Å². The van der Waals surface area contributed by atoms with Gasteiger partial charge in [0.05, 0.1) is 0 Å². The Labute approximate surface area is 274 Å². The molecule has 3 radical (unpaired) electrons. The number of para-hydroxylation sites is 4. The van der Waals surface area contributed by atoms with Gasteiger partial charge in [0.15, 0.2) is 0 Å². The summed E-state index contributed by atoms with van der Waals surface area (Å²) < 4.78 is 31.7. The summed E-state index contributed by atoms with van der Waals surface area (Å²) in [6.07, 6.45) is 0. The second-order valence-corrected chi connectivity index (χ2v) is 10.5. The molecular weight excluding hydrogens is 823 g/mol. The molecule has 0 atom stereocenters. The zero-order valence-electron chi connectivity index (χ0n) is 22.4. The maximum Gasteiger partial charge on any atom is 0 e. The number of carbonyl (C=O) groups excluding carboxylic acids is 2. The minimum atomic E-state index is -2.32. The summed E-state index contributed by atoms with van der Waals surface area (Å²) in [4.78, 5) is 46.0. The van der Waals surface area contributed by atoms with Gasteiger partial charge in [0.25, 0.3) is 0 Å². The second kappa shape index (κ2) is 16.9. The molecule has 5 rings (SSSR count). The van der Waals surface area contributed by atoms with E-state index in [0.29, 0.717) is 11.5 Å². The van der Waals surface area contributed by atoms with Crippen LogP contribution >= 0.6 is 0 Å². The molecule has 0 fully saturated rings. The number of benzene rings is 4. The fourth-order valence-corrected chi connectivity index (χ4v) is 5.19. The van der Waals surface area contributed by atoms with E-state index in [-0.39, 0.29) is 64.4 Å². The zero-order chi connectivity index (χ0) is 30.6. The molecule has 44 heavy (non-hydrogen) atoms. The molecule has 2 N–H and O–H groups in total. The Hall–Kier alpha value is -4.60. The molecule has 0 spiro atoms. The number of rotatable bonds is 6. The molecule has 0 saturated carbocycles. The molecule has 0 amide bonds. The number of carboxylic acid groups (broad SMARTS) is 2. The molecule has 1 aliphatic rings. The van der Waals surface area contributed by atoms with Gasteiger partial charge in [0.2, 0.25) is 6.79 Å².